The predicted molar refractivity (Wildman–Crippen MR) is 97.8 cm³/mol. The first-order valence-electron chi connectivity index (χ1n) is 7.99. The van der Waals surface area contributed by atoms with Crippen LogP contribution in [0.25, 0.3) is 0 Å². The van der Waals surface area contributed by atoms with Gasteiger partial charge in [0.1, 0.15) is 5.03 Å². The van der Waals surface area contributed by atoms with Crippen molar-refractivity contribution in [2.75, 3.05) is 20.0 Å². The number of methoxy groups -OCH3 is 1. The van der Waals surface area contributed by atoms with Crippen LogP contribution in [0, 0.1) is 0 Å². The first-order chi connectivity index (χ1) is 13.4. The lowest BCUT2D eigenvalue weighted by Crippen LogP contribution is -2.28. The zero-order valence-electron chi connectivity index (χ0n) is 15.1. The molecule has 0 unspecified atom stereocenters. The molecule has 1 amide bonds. The minimum atomic E-state index is -2.97. The summed E-state index contributed by atoms with van der Waals surface area (Å²) in [6, 6.07) is 7.45. The maximum atomic E-state index is 12.3. The molecule has 2 aromatic rings. The fraction of sp³-hybridized carbons (Fsp3) is 0.278. The molecule has 0 bridgehead atoms. The number of alkyl halides is 2. The number of thioether (sulfide) groups is 1. The van der Waals surface area contributed by atoms with Crippen LogP contribution in [0.5, 0.6) is 11.5 Å². The quantitative estimate of drug-likeness (QED) is 0.501. The Morgan fingerprint density at radius 1 is 1.25 bits per heavy atom. The van der Waals surface area contributed by atoms with E-state index in [1.54, 1.807) is 24.6 Å². The number of pyridine rings is 1. The smallest absolute Gasteiger partial charge is 0.387 e. The summed E-state index contributed by atoms with van der Waals surface area (Å²) in [6.45, 7) is -3.35. The normalized spacial score (nSPS) is 10.5. The molecule has 0 aliphatic carbocycles. The second-order valence-corrected chi connectivity index (χ2v) is 6.07. The fourth-order valence-corrected chi connectivity index (χ4v) is 2.72. The maximum Gasteiger partial charge on any atom is 0.387 e. The molecule has 0 saturated carbocycles. The first kappa shape index (κ1) is 21.4. The largest absolute Gasteiger partial charge is 0.493 e. The highest BCUT2D eigenvalue weighted by Crippen LogP contribution is 2.29. The Balaban J connectivity index is 1.88. The van der Waals surface area contributed by atoms with Crippen molar-refractivity contribution in [1.29, 1.82) is 0 Å². The zero-order valence-corrected chi connectivity index (χ0v) is 15.9. The number of amides is 1. The predicted octanol–water partition coefficient (Wildman–Crippen LogP) is 2.89. The van der Waals surface area contributed by atoms with Gasteiger partial charge in [-0.25, -0.2) is 9.78 Å². The van der Waals surface area contributed by atoms with Crippen LogP contribution in [0.1, 0.15) is 15.9 Å². The number of nitrogens with one attached hydrogen (secondary N) is 1. The number of esters is 1. The number of carbonyl (C=O) groups excluding carboxylic acids is 2. The van der Waals surface area contributed by atoms with Crippen LogP contribution in [0.2, 0.25) is 0 Å². The number of aromatic nitrogens is 1. The van der Waals surface area contributed by atoms with Crippen molar-refractivity contribution in [2.45, 2.75) is 18.2 Å². The van der Waals surface area contributed by atoms with Gasteiger partial charge in [0.15, 0.2) is 18.1 Å². The van der Waals surface area contributed by atoms with Gasteiger partial charge in [-0.05, 0) is 36.1 Å². The van der Waals surface area contributed by atoms with E-state index in [0.717, 1.165) is 0 Å². The summed E-state index contributed by atoms with van der Waals surface area (Å²) >= 11 is 1.29. The molecule has 0 radical (unpaired) electrons. The van der Waals surface area contributed by atoms with Crippen LogP contribution < -0.4 is 14.8 Å². The summed E-state index contributed by atoms with van der Waals surface area (Å²) in [6.07, 6.45) is 3.33. The lowest BCUT2D eigenvalue weighted by Gasteiger charge is -2.12. The van der Waals surface area contributed by atoms with E-state index in [4.69, 9.17) is 9.47 Å². The Kier molecular flexibility index (Phi) is 8.00. The van der Waals surface area contributed by atoms with Gasteiger partial charge in [0, 0.05) is 12.7 Å². The van der Waals surface area contributed by atoms with E-state index in [-0.39, 0.29) is 23.6 Å². The van der Waals surface area contributed by atoms with Crippen LogP contribution in [-0.2, 0) is 16.1 Å². The number of hydrogen-bond donors (Lipinski definition) is 1. The Labute approximate surface area is 164 Å². The SMILES string of the molecule is COc1cc(CNC(=O)COC(=O)c2cccnc2SC)ccc1OC(F)F. The highest BCUT2D eigenvalue weighted by atomic mass is 32.2. The minimum Gasteiger partial charge on any atom is -0.493 e. The zero-order chi connectivity index (χ0) is 20.5. The standard InChI is InChI=1S/C18H18F2N2O5S/c1-25-14-8-11(5-6-13(14)27-18(19)20)9-22-15(23)10-26-17(24)12-4-3-7-21-16(12)28-2/h3-8,18H,9-10H2,1-2H3,(H,22,23). The number of carbonyl (C=O) groups is 2. The molecule has 28 heavy (non-hydrogen) atoms. The average molecular weight is 412 g/mol. The van der Waals surface area contributed by atoms with Crippen molar-refractivity contribution in [3.8, 4) is 11.5 Å². The van der Waals surface area contributed by atoms with Gasteiger partial charge in [0.05, 0.1) is 12.7 Å². The number of halogens is 2. The van der Waals surface area contributed by atoms with Gasteiger partial charge in [-0.2, -0.15) is 8.78 Å². The van der Waals surface area contributed by atoms with Gasteiger partial charge < -0.3 is 19.5 Å². The summed E-state index contributed by atoms with van der Waals surface area (Å²) in [4.78, 5) is 28.0. The van der Waals surface area contributed by atoms with Gasteiger partial charge in [0.2, 0.25) is 0 Å². The molecule has 1 aromatic heterocycles. The van der Waals surface area contributed by atoms with Crippen LogP contribution in [0.3, 0.4) is 0 Å². The van der Waals surface area contributed by atoms with Crippen LogP contribution in [0.4, 0.5) is 8.78 Å². The van der Waals surface area contributed by atoms with E-state index in [1.165, 1.54) is 37.1 Å². The van der Waals surface area contributed by atoms with E-state index in [2.05, 4.69) is 15.0 Å². The van der Waals surface area contributed by atoms with Crippen LogP contribution >= 0.6 is 11.8 Å². The molecule has 0 fully saturated rings. The lowest BCUT2D eigenvalue weighted by atomic mass is 10.2. The number of nitrogens with zero attached hydrogens (tertiary/aromatic N) is 1. The minimum absolute atomic E-state index is 0.0880. The number of rotatable bonds is 9. The maximum absolute atomic E-state index is 12.3. The van der Waals surface area contributed by atoms with E-state index in [0.29, 0.717) is 10.6 Å². The molecule has 0 spiro atoms. The fourth-order valence-electron chi connectivity index (χ4n) is 2.18. The summed E-state index contributed by atoms with van der Waals surface area (Å²) in [5.41, 5.74) is 0.872. The molecule has 1 N–H and O–H groups in total. The van der Waals surface area contributed by atoms with Crippen molar-refractivity contribution < 1.29 is 32.6 Å². The highest BCUT2D eigenvalue weighted by Gasteiger charge is 2.15. The number of benzene rings is 1. The second kappa shape index (κ2) is 10.5. The molecule has 7 nitrogen and oxygen atoms in total. The lowest BCUT2D eigenvalue weighted by molar-refractivity contribution is -0.124. The molecule has 0 atom stereocenters. The molecule has 0 aliphatic heterocycles. The van der Waals surface area contributed by atoms with Crippen molar-refractivity contribution in [2.24, 2.45) is 0 Å². The van der Waals surface area contributed by atoms with E-state index < -0.39 is 25.1 Å². The van der Waals surface area contributed by atoms with E-state index >= 15 is 0 Å². The van der Waals surface area contributed by atoms with Crippen molar-refractivity contribution in [3.63, 3.8) is 0 Å². The summed E-state index contributed by atoms with van der Waals surface area (Å²) in [7, 11) is 1.32. The van der Waals surface area contributed by atoms with Gasteiger partial charge in [-0.15, -0.1) is 11.8 Å². The molecule has 150 valence electrons. The first-order valence-corrected chi connectivity index (χ1v) is 9.21. The third kappa shape index (κ3) is 6.08. The summed E-state index contributed by atoms with van der Waals surface area (Å²) < 4.78 is 39.0. The van der Waals surface area contributed by atoms with Crippen molar-refractivity contribution >= 4 is 23.6 Å². The third-order valence-electron chi connectivity index (χ3n) is 3.45. The Hall–Kier alpha value is -2.88. The Bertz CT molecular complexity index is 835. The monoisotopic (exact) mass is 412 g/mol. The van der Waals surface area contributed by atoms with E-state index in [9.17, 15) is 18.4 Å². The van der Waals surface area contributed by atoms with Crippen LogP contribution in [-0.4, -0.2) is 43.4 Å². The molecule has 2 rings (SSSR count). The third-order valence-corrected chi connectivity index (χ3v) is 4.16. The number of hydrogen-bond acceptors (Lipinski definition) is 7. The van der Waals surface area contributed by atoms with Gasteiger partial charge in [-0.3, -0.25) is 4.79 Å². The molecule has 0 aliphatic rings. The van der Waals surface area contributed by atoms with E-state index in [1.807, 2.05) is 0 Å². The topological polar surface area (TPSA) is 86.8 Å². The van der Waals surface area contributed by atoms with Crippen molar-refractivity contribution in [1.82, 2.24) is 10.3 Å². The molecule has 10 heteroatoms. The molecular weight excluding hydrogens is 394 g/mol. The van der Waals surface area contributed by atoms with Crippen LogP contribution in [0.15, 0.2) is 41.6 Å². The summed E-state index contributed by atoms with van der Waals surface area (Å²) in [5.74, 6) is -1.17. The highest BCUT2D eigenvalue weighted by molar-refractivity contribution is 7.98. The second-order valence-electron chi connectivity index (χ2n) is 5.28. The van der Waals surface area contributed by atoms with Crippen molar-refractivity contribution in [3.05, 3.63) is 47.7 Å². The van der Waals surface area contributed by atoms with Gasteiger partial charge in [0.25, 0.3) is 5.91 Å². The Morgan fingerprint density at radius 3 is 2.71 bits per heavy atom. The average Bonchev–Trinajstić information content (AvgIpc) is 2.70. The summed E-state index contributed by atoms with van der Waals surface area (Å²) in [5, 5.41) is 3.07. The molecule has 1 heterocycles. The molecule has 1 aromatic carbocycles. The van der Waals surface area contributed by atoms with Gasteiger partial charge in [-0.1, -0.05) is 6.07 Å². The molecular formula is C18H18F2N2O5S. The number of ether oxygens (including phenoxy) is 3. The van der Waals surface area contributed by atoms with Gasteiger partial charge >= 0.3 is 12.6 Å². The Morgan fingerprint density at radius 2 is 2.04 bits per heavy atom. The molecule has 0 saturated heterocycles.